The Morgan fingerprint density at radius 1 is 1.36 bits per heavy atom. The lowest BCUT2D eigenvalue weighted by Crippen LogP contribution is -2.44. The Balaban J connectivity index is 1.98. The summed E-state index contributed by atoms with van der Waals surface area (Å²) in [6.07, 6.45) is 3.47. The first kappa shape index (κ1) is 16.0. The zero-order valence-electron chi connectivity index (χ0n) is 11.4. The molecule has 1 aliphatic rings. The van der Waals surface area contributed by atoms with Crippen molar-refractivity contribution in [2.45, 2.75) is 12.3 Å². The van der Waals surface area contributed by atoms with Gasteiger partial charge in [0.05, 0.1) is 10.8 Å². The van der Waals surface area contributed by atoms with Gasteiger partial charge in [-0.05, 0) is 23.8 Å². The minimum Gasteiger partial charge on any atom is -0.366 e. The number of benzene rings is 1. The van der Waals surface area contributed by atoms with Crippen molar-refractivity contribution < 1.29 is 5.11 Å². The average Bonchev–Trinajstić information content (AvgIpc) is 2.77. The summed E-state index contributed by atoms with van der Waals surface area (Å²) in [6.45, 7) is 0.467. The molecule has 114 valence electrons. The van der Waals surface area contributed by atoms with Crippen LogP contribution in [-0.4, -0.2) is 25.1 Å². The lowest BCUT2D eigenvalue weighted by molar-refractivity contribution is -0.0508. The fourth-order valence-corrected chi connectivity index (χ4v) is 4.34. The van der Waals surface area contributed by atoms with Gasteiger partial charge in [0.25, 0.3) is 0 Å². The van der Waals surface area contributed by atoms with Gasteiger partial charge in [-0.25, -0.2) is 0 Å². The second-order valence-corrected chi connectivity index (χ2v) is 7.40. The molecule has 3 rings (SSSR count). The number of hydrogen-bond acceptors (Lipinski definition) is 4. The standard InChI is InChI=1S/C15H12Cl2N2OS2/c16-11-3-4-12(13(17)6-11)15(20)9-22-14(21)19(15)8-10-2-1-5-18-7-10/h1-7,20H,8-9H2/t15-/m0/s1. The third kappa shape index (κ3) is 2.96. The van der Waals surface area contributed by atoms with E-state index >= 15 is 0 Å². The van der Waals surface area contributed by atoms with E-state index in [-0.39, 0.29) is 0 Å². The largest absolute Gasteiger partial charge is 0.366 e. The summed E-state index contributed by atoms with van der Waals surface area (Å²) < 4.78 is 0.636. The lowest BCUT2D eigenvalue weighted by atomic mass is 10.0. The summed E-state index contributed by atoms with van der Waals surface area (Å²) in [4.78, 5) is 5.88. The smallest absolute Gasteiger partial charge is 0.176 e. The zero-order valence-corrected chi connectivity index (χ0v) is 14.5. The highest BCUT2D eigenvalue weighted by Gasteiger charge is 2.45. The van der Waals surface area contributed by atoms with Crippen LogP contribution in [0.5, 0.6) is 0 Å². The number of halogens is 2. The molecule has 0 aliphatic carbocycles. The lowest BCUT2D eigenvalue weighted by Gasteiger charge is -2.35. The minimum atomic E-state index is -1.25. The van der Waals surface area contributed by atoms with Gasteiger partial charge in [0.1, 0.15) is 4.32 Å². The predicted octanol–water partition coefficient (Wildman–Crippen LogP) is 4.07. The molecule has 2 heterocycles. The van der Waals surface area contributed by atoms with Gasteiger partial charge >= 0.3 is 0 Å². The van der Waals surface area contributed by atoms with Crippen LogP contribution >= 0.6 is 47.2 Å². The molecule has 0 amide bonds. The number of rotatable bonds is 3. The van der Waals surface area contributed by atoms with Crippen molar-refractivity contribution in [2.75, 3.05) is 5.75 Å². The first-order valence-electron chi connectivity index (χ1n) is 6.52. The van der Waals surface area contributed by atoms with Crippen LogP contribution in [-0.2, 0) is 12.3 Å². The molecule has 0 radical (unpaired) electrons. The minimum absolute atomic E-state index is 0.424. The van der Waals surface area contributed by atoms with E-state index in [2.05, 4.69) is 4.98 Å². The quantitative estimate of drug-likeness (QED) is 0.824. The first-order valence-corrected chi connectivity index (χ1v) is 8.67. The first-order chi connectivity index (χ1) is 10.5. The Hall–Kier alpha value is -0.850. The van der Waals surface area contributed by atoms with Gasteiger partial charge in [0.15, 0.2) is 5.72 Å². The van der Waals surface area contributed by atoms with Crippen molar-refractivity contribution in [3.63, 3.8) is 0 Å². The normalized spacial score (nSPS) is 21.4. The molecule has 1 atom stereocenters. The maximum atomic E-state index is 11.2. The molecule has 1 aliphatic heterocycles. The molecular weight excluding hydrogens is 359 g/mol. The summed E-state index contributed by atoms with van der Waals surface area (Å²) in [5.74, 6) is 0.424. The number of hydrogen-bond donors (Lipinski definition) is 1. The number of thioether (sulfide) groups is 1. The average molecular weight is 371 g/mol. The number of nitrogens with zero attached hydrogens (tertiary/aromatic N) is 2. The second kappa shape index (κ2) is 6.34. The van der Waals surface area contributed by atoms with Gasteiger partial charge in [-0.3, -0.25) is 4.98 Å². The fraction of sp³-hybridized carbons (Fsp3) is 0.200. The molecule has 1 N–H and O–H groups in total. The Bertz CT molecular complexity index is 714. The third-order valence-electron chi connectivity index (χ3n) is 3.49. The van der Waals surface area contributed by atoms with Crippen LogP contribution in [0.1, 0.15) is 11.1 Å². The van der Waals surface area contributed by atoms with Crippen molar-refractivity contribution in [1.82, 2.24) is 9.88 Å². The molecular formula is C15H12Cl2N2OS2. The van der Waals surface area contributed by atoms with Gasteiger partial charge in [-0.2, -0.15) is 0 Å². The van der Waals surface area contributed by atoms with Gasteiger partial charge in [-0.15, -0.1) is 0 Å². The number of thiocarbonyl (C=S) groups is 1. The fourth-order valence-electron chi connectivity index (χ4n) is 2.38. The molecule has 3 nitrogen and oxygen atoms in total. The van der Waals surface area contributed by atoms with Crippen molar-refractivity contribution in [2.24, 2.45) is 0 Å². The maximum absolute atomic E-state index is 11.2. The SMILES string of the molecule is O[C@]1(c2ccc(Cl)cc2Cl)CSC(=S)N1Cc1cccnc1. The van der Waals surface area contributed by atoms with Crippen molar-refractivity contribution in [3.8, 4) is 0 Å². The maximum Gasteiger partial charge on any atom is 0.176 e. The summed E-state index contributed by atoms with van der Waals surface area (Å²) in [5, 5.41) is 12.2. The Labute approximate surface area is 148 Å². The van der Waals surface area contributed by atoms with Crippen LogP contribution < -0.4 is 0 Å². The molecule has 1 aromatic carbocycles. The summed E-state index contributed by atoms with van der Waals surface area (Å²) >= 11 is 19.1. The van der Waals surface area contributed by atoms with Gasteiger partial charge in [-0.1, -0.05) is 59.3 Å². The van der Waals surface area contributed by atoms with E-state index in [1.54, 1.807) is 35.5 Å². The molecule has 0 bridgehead atoms. The highest BCUT2D eigenvalue weighted by Crippen LogP contribution is 2.43. The van der Waals surface area contributed by atoms with E-state index < -0.39 is 5.72 Å². The van der Waals surface area contributed by atoms with Gasteiger partial charge < -0.3 is 10.0 Å². The van der Waals surface area contributed by atoms with E-state index in [1.807, 2.05) is 12.1 Å². The zero-order chi connectivity index (χ0) is 15.7. The van der Waals surface area contributed by atoms with Crippen LogP contribution in [0, 0.1) is 0 Å². The van der Waals surface area contributed by atoms with E-state index in [0.29, 0.717) is 32.2 Å². The van der Waals surface area contributed by atoms with Gasteiger partial charge in [0, 0.05) is 29.5 Å². The van der Waals surface area contributed by atoms with Crippen LogP contribution in [0.15, 0.2) is 42.7 Å². The predicted molar refractivity (Wildman–Crippen MR) is 95.2 cm³/mol. The monoisotopic (exact) mass is 370 g/mol. The molecule has 2 aromatic rings. The summed E-state index contributed by atoms with van der Waals surface area (Å²) in [7, 11) is 0. The third-order valence-corrected chi connectivity index (χ3v) is 5.63. The van der Waals surface area contributed by atoms with Crippen LogP contribution in [0.3, 0.4) is 0 Å². The molecule has 0 saturated carbocycles. The molecule has 1 aromatic heterocycles. The molecule has 1 fully saturated rings. The molecule has 0 spiro atoms. The highest BCUT2D eigenvalue weighted by atomic mass is 35.5. The van der Waals surface area contributed by atoms with E-state index in [4.69, 9.17) is 35.4 Å². The van der Waals surface area contributed by atoms with Crippen LogP contribution in [0.4, 0.5) is 0 Å². The van der Waals surface area contributed by atoms with Crippen molar-refractivity contribution in [1.29, 1.82) is 0 Å². The Kier molecular flexibility index (Phi) is 4.61. The summed E-state index contributed by atoms with van der Waals surface area (Å²) in [5.41, 5.74) is 0.324. The number of aliphatic hydroxyl groups is 1. The Morgan fingerprint density at radius 2 is 2.18 bits per heavy atom. The molecule has 22 heavy (non-hydrogen) atoms. The van der Waals surface area contributed by atoms with Crippen molar-refractivity contribution in [3.05, 3.63) is 63.9 Å². The van der Waals surface area contributed by atoms with Crippen LogP contribution in [0.2, 0.25) is 10.0 Å². The van der Waals surface area contributed by atoms with E-state index in [9.17, 15) is 5.11 Å². The Morgan fingerprint density at radius 3 is 2.86 bits per heavy atom. The van der Waals surface area contributed by atoms with Crippen molar-refractivity contribution >= 4 is 51.5 Å². The number of pyridine rings is 1. The van der Waals surface area contributed by atoms with E-state index in [0.717, 1.165) is 5.56 Å². The topological polar surface area (TPSA) is 36.4 Å². The highest BCUT2D eigenvalue weighted by molar-refractivity contribution is 8.23. The van der Waals surface area contributed by atoms with Crippen LogP contribution in [0.25, 0.3) is 0 Å². The van der Waals surface area contributed by atoms with Gasteiger partial charge in [0.2, 0.25) is 0 Å². The van der Waals surface area contributed by atoms with E-state index in [1.165, 1.54) is 11.8 Å². The molecule has 1 saturated heterocycles. The second-order valence-electron chi connectivity index (χ2n) is 4.94. The number of aromatic nitrogens is 1. The summed E-state index contributed by atoms with van der Waals surface area (Å²) in [6, 6.07) is 8.90. The molecule has 0 unspecified atom stereocenters. The molecule has 7 heteroatoms.